The third kappa shape index (κ3) is 6.51. The number of sulfonamides is 1. The van der Waals surface area contributed by atoms with Gasteiger partial charge < -0.3 is 4.74 Å². The molecule has 0 bridgehead atoms. The first-order valence-electron chi connectivity index (χ1n) is 10.2. The number of anilines is 2. The molecule has 0 saturated carbocycles. The summed E-state index contributed by atoms with van der Waals surface area (Å²) in [6.07, 6.45) is 0. The highest BCUT2D eigenvalue weighted by Crippen LogP contribution is 2.29. The number of hydrazone groups is 1. The summed E-state index contributed by atoms with van der Waals surface area (Å²) in [6.45, 7) is 2.27. The van der Waals surface area contributed by atoms with Gasteiger partial charge in [0.05, 0.1) is 22.0 Å². The Morgan fingerprint density at radius 2 is 1.69 bits per heavy atom. The van der Waals surface area contributed by atoms with Crippen LogP contribution in [0, 0.1) is 24.0 Å². The van der Waals surface area contributed by atoms with Gasteiger partial charge in [-0.05, 0) is 68.3 Å². The van der Waals surface area contributed by atoms with Crippen molar-refractivity contribution in [3.63, 3.8) is 0 Å². The van der Waals surface area contributed by atoms with Crippen LogP contribution in [0.15, 0.2) is 70.7 Å². The first kappa shape index (κ1) is 25.6. The third-order valence-electron chi connectivity index (χ3n) is 4.93. The zero-order chi connectivity index (χ0) is 25.8. The van der Waals surface area contributed by atoms with E-state index in [1.807, 2.05) is 6.92 Å². The number of nitrogens with zero attached hydrogens (tertiary/aromatic N) is 2. The Morgan fingerprint density at radius 3 is 2.29 bits per heavy atom. The summed E-state index contributed by atoms with van der Waals surface area (Å²) in [5.74, 6) is -0.0225. The zero-order valence-corrected chi connectivity index (χ0v) is 19.8. The van der Waals surface area contributed by atoms with E-state index >= 15 is 0 Å². The Labute approximate surface area is 200 Å². The van der Waals surface area contributed by atoms with Gasteiger partial charge in [-0.1, -0.05) is 17.7 Å². The number of benzene rings is 3. The van der Waals surface area contributed by atoms with Gasteiger partial charge in [-0.15, -0.1) is 0 Å². The lowest BCUT2D eigenvalue weighted by Crippen LogP contribution is -2.16. The van der Waals surface area contributed by atoms with E-state index in [4.69, 9.17) is 0 Å². The van der Waals surface area contributed by atoms with E-state index in [0.29, 0.717) is 22.5 Å². The fourth-order valence-corrected chi connectivity index (χ4v) is 4.46. The maximum absolute atomic E-state index is 13.2. The SMILES string of the molecule is C/C(=N\Nc1ccc([N+](=O)[O-])cc1S(=O)(=O)Nc1ccc(C)cc1C)c1ccc(OC(F)F)cc1. The first-order valence-corrected chi connectivity index (χ1v) is 11.7. The highest BCUT2D eigenvalue weighted by Gasteiger charge is 2.23. The standard InChI is InChI=1S/C23H22F2N4O5S/c1-14-4-10-20(15(2)12-14)28-35(32,33)22-13-18(29(30)31)7-11-21(22)27-26-16(3)17-5-8-19(9-6-17)34-23(24)25/h4-13,23,27-28H,1-3H3/b26-16+. The summed E-state index contributed by atoms with van der Waals surface area (Å²) in [4.78, 5) is 10.2. The summed E-state index contributed by atoms with van der Waals surface area (Å²) in [7, 11) is -4.24. The smallest absolute Gasteiger partial charge is 0.387 e. The van der Waals surface area contributed by atoms with Crippen molar-refractivity contribution in [1.82, 2.24) is 0 Å². The minimum atomic E-state index is -4.24. The maximum atomic E-state index is 13.2. The van der Waals surface area contributed by atoms with E-state index < -0.39 is 27.2 Å². The number of nitro groups is 1. The van der Waals surface area contributed by atoms with Crippen LogP contribution >= 0.6 is 0 Å². The van der Waals surface area contributed by atoms with Gasteiger partial charge in [0, 0.05) is 12.1 Å². The number of halogens is 2. The number of nitro benzene ring substituents is 1. The average Bonchev–Trinajstić information content (AvgIpc) is 2.79. The lowest BCUT2D eigenvalue weighted by molar-refractivity contribution is -0.385. The highest BCUT2D eigenvalue weighted by molar-refractivity contribution is 7.92. The molecule has 35 heavy (non-hydrogen) atoms. The molecule has 184 valence electrons. The second-order valence-corrected chi connectivity index (χ2v) is 9.22. The van der Waals surface area contributed by atoms with Crippen LogP contribution in [0.3, 0.4) is 0 Å². The molecule has 0 unspecified atom stereocenters. The summed E-state index contributed by atoms with van der Waals surface area (Å²) in [5, 5.41) is 15.4. The maximum Gasteiger partial charge on any atom is 0.387 e. The van der Waals surface area contributed by atoms with E-state index in [1.165, 1.54) is 30.3 Å². The number of non-ortho nitro benzene ring substituents is 1. The summed E-state index contributed by atoms with van der Waals surface area (Å²) < 4.78 is 57.8. The summed E-state index contributed by atoms with van der Waals surface area (Å²) >= 11 is 0. The quantitative estimate of drug-likeness (QED) is 0.227. The molecule has 3 aromatic rings. The number of alkyl halides is 2. The Balaban J connectivity index is 1.93. The van der Waals surface area contributed by atoms with Gasteiger partial charge in [-0.25, -0.2) is 8.42 Å². The van der Waals surface area contributed by atoms with Crippen LogP contribution < -0.4 is 14.9 Å². The van der Waals surface area contributed by atoms with E-state index in [2.05, 4.69) is 20.0 Å². The van der Waals surface area contributed by atoms with Gasteiger partial charge in [0.2, 0.25) is 0 Å². The molecule has 3 rings (SSSR count). The molecule has 2 N–H and O–H groups in total. The average molecular weight is 505 g/mol. The van der Waals surface area contributed by atoms with E-state index in [-0.39, 0.29) is 16.3 Å². The second kappa shape index (κ2) is 10.5. The minimum absolute atomic E-state index is 0.00451. The molecule has 9 nitrogen and oxygen atoms in total. The molecule has 0 aromatic heterocycles. The van der Waals surface area contributed by atoms with Crippen LogP contribution in [-0.4, -0.2) is 25.7 Å². The monoisotopic (exact) mass is 504 g/mol. The lowest BCUT2D eigenvalue weighted by atomic mass is 10.1. The Bertz CT molecular complexity index is 1380. The molecule has 0 aliphatic heterocycles. The molecule has 0 aliphatic carbocycles. The number of nitrogens with one attached hydrogen (secondary N) is 2. The predicted octanol–water partition coefficient (Wildman–Crippen LogP) is 5.45. The number of ether oxygens (including phenoxy) is 1. The van der Waals surface area contributed by atoms with Crippen LogP contribution in [0.4, 0.5) is 25.8 Å². The molecule has 0 atom stereocenters. The third-order valence-corrected chi connectivity index (χ3v) is 6.34. The minimum Gasteiger partial charge on any atom is -0.435 e. The lowest BCUT2D eigenvalue weighted by Gasteiger charge is -2.14. The molecule has 0 radical (unpaired) electrons. The first-order chi connectivity index (χ1) is 16.5. The number of hydrogen-bond acceptors (Lipinski definition) is 7. The van der Waals surface area contributed by atoms with Crippen molar-refractivity contribution in [3.05, 3.63) is 87.5 Å². The Morgan fingerprint density at radius 1 is 1.03 bits per heavy atom. The number of hydrogen-bond donors (Lipinski definition) is 2. The van der Waals surface area contributed by atoms with Crippen molar-refractivity contribution < 1.29 is 26.9 Å². The van der Waals surface area contributed by atoms with Crippen molar-refractivity contribution in [2.24, 2.45) is 5.10 Å². The van der Waals surface area contributed by atoms with E-state index in [9.17, 15) is 27.3 Å². The zero-order valence-electron chi connectivity index (χ0n) is 19.0. The van der Waals surface area contributed by atoms with Crippen molar-refractivity contribution in [3.8, 4) is 5.75 Å². The van der Waals surface area contributed by atoms with Crippen molar-refractivity contribution in [2.45, 2.75) is 32.3 Å². The van der Waals surface area contributed by atoms with Crippen molar-refractivity contribution in [2.75, 3.05) is 10.1 Å². The highest BCUT2D eigenvalue weighted by atomic mass is 32.2. The van der Waals surface area contributed by atoms with Gasteiger partial charge >= 0.3 is 6.61 Å². The van der Waals surface area contributed by atoms with E-state index in [1.54, 1.807) is 32.0 Å². The molecular weight excluding hydrogens is 482 g/mol. The molecule has 12 heteroatoms. The van der Waals surface area contributed by atoms with Crippen LogP contribution in [0.5, 0.6) is 5.75 Å². The normalized spacial score (nSPS) is 11.9. The molecule has 0 spiro atoms. The number of rotatable bonds is 9. The van der Waals surface area contributed by atoms with Crippen LogP contribution in [0.1, 0.15) is 23.6 Å². The molecule has 0 amide bonds. The second-order valence-electron chi connectivity index (χ2n) is 7.57. The molecule has 0 saturated heterocycles. The van der Waals surface area contributed by atoms with Crippen molar-refractivity contribution in [1.29, 1.82) is 0 Å². The van der Waals surface area contributed by atoms with Gasteiger partial charge in [-0.2, -0.15) is 13.9 Å². The number of aryl methyl sites for hydroxylation is 2. The summed E-state index contributed by atoms with van der Waals surface area (Å²) in [6, 6.07) is 14.2. The fraction of sp³-hybridized carbons (Fsp3) is 0.174. The van der Waals surface area contributed by atoms with Crippen LogP contribution in [0.25, 0.3) is 0 Å². The van der Waals surface area contributed by atoms with Gasteiger partial charge in [0.1, 0.15) is 10.6 Å². The van der Waals surface area contributed by atoms with Crippen LogP contribution in [0.2, 0.25) is 0 Å². The van der Waals surface area contributed by atoms with Gasteiger partial charge in [-0.3, -0.25) is 20.3 Å². The molecule has 0 heterocycles. The summed E-state index contributed by atoms with van der Waals surface area (Å²) in [5.41, 5.74) is 5.14. The molecule has 0 aliphatic rings. The molecule has 0 fully saturated rings. The molecule has 3 aromatic carbocycles. The Kier molecular flexibility index (Phi) is 7.65. The molecular formula is C23H22F2N4O5S. The topological polar surface area (TPSA) is 123 Å². The van der Waals surface area contributed by atoms with Gasteiger partial charge in [0.15, 0.2) is 0 Å². The van der Waals surface area contributed by atoms with E-state index in [0.717, 1.165) is 17.7 Å². The van der Waals surface area contributed by atoms with Crippen LogP contribution in [-0.2, 0) is 10.0 Å². The van der Waals surface area contributed by atoms with Crippen molar-refractivity contribution >= 4 is 32.8 Å². The predicted molar refractivity (Wildman–Crippen MR) is 129 cm³/mol. The van der Waals surface area contributed by atoms with Gasteiger partial charge in [0.25, 0.3) is 15.7 Å². The Hall–Kier alpha value is -4.06. The fourth-order valence-electron chi connectivity index (χ4n) is 3.15. The largest absolute Gasteiger partial charge is 0.435 e.